The second-order valence-corrected chi connectivity index (χ2v) is 6.04. The molecule has 4 aliphatic rings. The highest BCUT2D eigenvalue weighted by Crippen LogP contribution is 2.57. The monoisotopic (exact) mass is 236 g/mol. The molecule has 0 aromatic heterocycles. The van der Waals surface area contributed by atoms with Crippen LogP contribution in [0.5, 0.6) is 0 Å². The van der Waals surface area contributed by atoms with E-state index < -0.39 is 11.7 Å². The molecule has 0 heterocycles. The Balaban J connectivity index is 1.83. The Morgan fingerprint density at radius 1 is 1.29 bits per heavy atom. The Kier molecular flexibility index (Phi) is 2.54. The summed E-state index contributed by atoms with van der Waals surface area (Å²) in [5.41, 5.74) is -0.564. The predicted molar refractivity (Wildman–Crippen MR) is 63.2 cm³/mol. The van der Waals surface area contributed by atoms with Gasteiger partial charge in [-0.05, 0) is 56.8 Å². The zero-order valence-corrected chi connectivity index (χ0v) is 10.3. The third kappa shape index (κ3) is 1.71. The number of hydrogen-bond acceptors (Lipinski definition) is 3. The van der Waals surface area contributed by atoms with Gasteiger partial charge < -0.3 is 9.84 Å². The first-order valence-electron chi connectivity index (χ1n) is 6.67. The molecule has 0 saturated heterocycles. The van der Waals surface area contributed by atoms with E-state index in [1.807, 2.05) is 0 Å². The summed E-state index contributed by atoms with van der Waals surface area (Å²) >= 11 is 0. The average Bonchev–Trinajstić information content (AvgIpc) is 2.24. The molecule has 0 radical (unpaired) electrons. The number of hydrogen-bond donors (Lipinski definition) is 1. The second-order valence-electron chi connectivity index (χ2n) is 6.04. The molecule has 4 bridgehead atoms. The molecule has 1 N–H and O–H groups in total. The Morgan fingerprint density at radius 2 is 1.94 bits per heavy atom. The molecule has 4 fully saturated rings. The van der Waals surface area contributed by atoms with Crippen LogP contribution in [-0.2, 0) is 9.53 Å². The van der Waals surface area contributed by atoms with Crippen molar-refractivity contribution in [3.05, 3.63) is 12.2 Å². The molecule has 3 atom stereocenters. The number of carbonyl (C=O) groups excluding carboxylic acids is 1. The van der Waals surface area contributed by atoms with E-state index in [0.717, 1.165) is 25.7 Å². The normalized spacial score (nSPS) is 47.6. The van der Waals surface area contributed by atoms with E-state index in [0.29, 0.717) is 17.8 Å². The van der Waals surface area contributed by atoms with Crippen molar-refractivity contribution < 1.29 is 14.6 Å². The highest BCUT2D eigenvalue weighted by molar-refractivity contribution is 5.82. The fourth-order valence-electron chi connectivity index (χ4n) is 4.45. The molecule has 4 saturated carbocycles. The summed E-state index contributed by atoms with van der Waals surface area (Å²) in [6.07, 6.45) is 7.95. The molecule has 0 spiro atoms. The minimum Gasteiger partial charge on any atom is -0.453 e. The number of allylic oxidation sites excluding steroid dienone is 1. The van der Waals surface area contributed by atoms with Crippen LogP contribution < -0.4 is 0 Å². The van der Waals surface area contributed by atoms with Gasteiger partial charge in [0.15, 0.2) is 0 Å². The molecule has 3 heteroatoms. The minimum atomic E-state index is -0.564. The largest absolute Gasteiger partial charge is 0.453 e. The standard InChI is InChI=1S/C14H20O3/c1-2-3-12(15)17-14-7-9-4-10(8-14)6-11(5-9)13(14)16/h2-3,9-11,13,16H,4-8H2,1H3. The van der Waals surface area contributed by atoms with Gasteiger partial charge in [0, 0.05) is 6.08 Å². The van der Waals surface area contributed by atoms with Crippen molar-refractivity contribution in [3.63, 3.8) is 0 Å². The van der Waals surface area contributed by atoms with Crippen LogP contribution in [0.25, 0.3) is 0 Å². The van der Waals surface area contributed by atoms with E-state index in [9.17, 15) is 9.90 Å². The number of aliphatic hydroxyl groups excluding tert-OH is 1. The fraction of sp³-hybridized carbons (Fsp3) is 0.786. The molecule has 0 amide bonds. The van der Waals surface area contributed by atoms with Gasteiger partial charge in [0.25, 0.3) is 0 Å². The van der Waals surface area contributed by atoms with Crippen LogP contribution in [-0.4, -0.2) is 22.8 Å². The predicted octanol–water partition coefficient (Wildman–Crippen LogP) is 2.05. The van der Waals surface area contributed by atoms with Crippen LogP contribution in [0.15, 0.2) is 12.2 Å². The third-order valence-corrected chi connectivity index (χ3v) is 4.80. The molecule has 4 rings (SSSR count). The Morgan fingerprint density at radius 3 is 2.53 bits per heavy atom. The van der Waals surface area contributed by atoms with E-state index in [2.05, 4.69) is 0 Å². The lowest BCUT2D eigenvalue weighted by Gasteiger charge is -2.58. The van der Waals surface area contributed by atoms with Crippen LogP contribution in [0, 0.1) is 17.8 Å². The van der Waals surface area contributed by atoms with E-state index >= 15 is 0 Å². The summed E-state index contributed by atoms with van der Waals surface area (Å²) < 4.78 is 5.63. The molecular weight excluding hydrogens is 216 g/mol. The SMILES string of the molecule is CC=CC(=O)OC12CC3CC(CC(C3)C1O)C2. The summed E-state index contributed by atoms with van der Waals surface area (Å²) in [5.74, 6) is 1.39. The highest BCUT2D eigenvalue weighted by atomic mass is 16.6. The van der Waals surface area contributed by atoms with Gasteiger partial charge in [-0.2, -0.15) is 0 Å². The van der Waals surface area contributed by atoms with Crippen molar-refractivity contribution in [1.29, 1.82) is 0 Å². The van der Waals surface area contributed by atoms with Crippen molar-refractivity contribution in [2.24, 2.45) is 17.8 Å². The molecular formula is C14H20O3. The van der Waals surface area contributed by atoms with Gasteiger partial charge in [0.1, 0.15) is 5.60 Å². The van der Waals surface area contributed by atoms with Gasteiger partial charge in [0.05, 0.1) is 6.10 Å². The molecule has 94 valence electrons. The Hall–Kier alpha value is -0.830. The van der Waals surface area contributed by atoms with Gasteiger partial charge in [-0.3, -0.25) is 0 Å². The lowest BCUT2D eigenvalue weighted by molar-refractivity contribution is -0.224. The second kappa shape index (κ2) is 3.84. The van der Waals surface area contributed by atoms with Crippen LogP contribution in [0.3, 0.4) is 0 Å². The first-order valence-corrected chi connectivity index (χ1v) is 6.67. The van der Waals surface area contributed by atoms with Gasteiger partial charge in [-0.1, -0.05) is 6.08 Å². The maximum Gasteiger partial charge on any atom is 0.331 e. The van der Waals surface area contributed by atoms with Gasteiger partial charge >= 0.3 is 5.97 Å². The van der Waals surface area contributed by atoms with Crippen LogP contribution >= 0.6 is 0 Å². The summed E-state index contributed by atoms with van der Waals surface area (Å²) in [5, 5.41) is 10.4. The average molecular weight is 236 g/mol. The molecule has 3 unspecified atom stereocenters. The number of carbonyl (C=O) groups is 1. The summed E-state index contributed by atoms with van der Waals surface area (Å²) in [6, 6.07) is 0. The quantitative estimate of drug-likeness (QED) is 0.589. The van der Waals surface area contributed by atoms with E-state index in [4.69, 9.17) is 4.74 Å². The Labute approximate surface area is 102 Å². The van der Waals surface area contributed by atoms with E-state index in [-0.39, 0.29) is 5.97 Å². The minimum absolute atomic E-state index is 0.298. The molecule has 3 nitrogen and oxygen atoms in total. The highest BCUT2D eigenvalue weighted by Gasteiger charge is 2.58. The molecule has 0 aromatic rings. The molecule has 17 heavy (non-hydrogen) atoms. The van der Waals surface area contributed by atoms with Crippen LogP contribution in [0.2, 0.25) is 0 Å². The zero-order valence-electron chi connectivity index (χ0n) is 10.3. The van der Waals surface area contributed by atoms with Crippen molar-refractivity contribution in [1.82, 2.24) is 0 Å². The van der Waals surface area contributed by atoms with Crippen LogP contribution in [0.4, 0.5) is 0 Å². The topological polar surface area (TPSA) is 46.5 Å². The van der Waals surface area contributed by atoms with Gasteiger partial charge in [-0.25, -0.2) is 4.79 Å². The molecule has 4 aliphatic carbocycles. The molecule has 0 aromatic carbocycles. The first kappa shape index (κ1) is 11.3. The third-order valence-electron chi connectivity index (χ3n) is 4.80. The zero-order chi connectivity index (χ0) is 12.0. The lowest BCUT2D eigenvalue weighted by Crippen LogP contribution is -2.62. The van der Waals surface area contributed by atoms with Gasteiger partial charge in [-0.15, -0.1) is 0 Å². The maximum atomic E-state index is 11.7. The van der Waals surface area contributed by atoms with Crippen molar-refractivity contribution in [3.8, 4) is 0 Å². The number of ether oxygens (including phenoxy) is 1. The number of rotatable bonds is 2. The van der Waals surface area contributed by atoms with Crippen molar-refractivity contribution in [2.45, 2.75) is 50.7 Å². The lowest BCUT2D eigenvalue weighted by atomic mass is 9.53. The van der Waals surface area contributed by atoms with E-state index in [1.165, 1.54) is 12.5 Å². The molecule has 0 aliphatic heterocycles. The first-order chi connectivity index (χ1) is 8.13. The number of aliphatic hydroxyl groups is 1. The van der Waals surface area contributed by atoms with Crippen molar-refractivity contribution >= 4 is 5.97 Å². The van der Waals surface area contributed by atoms with Crippen molar-refractivity contribution in [2.75, 3.05) is 0 Å². The fourth-order valence-corrected chi connectivity index (χ4v) is 4.45. The Bertz CT molecular complexity index is 346. The van der Waals surface area contributed by atoms with E-state index in [1.54, 1.807) is 13.0 Å². The maximum absolute atomic E-state index is 11.7. The summed E-state index contributed by atoms with van der Waals surface area (Å²) in [7, 11) is 0. The van der Waals surface area contributed by atoms with Crippen LogP contribution in [0.1, 0.15) is 39.0 Å². The summed E-state index contributed by atoms with van der Waals surface area (Å²) in [6.45, 7) is 1.80. The summed E-state index contributed by atoms with van der Waals surface area (Å²) in [4.78, 5) is 11.7. The number of esters is 1. The smallest absolute Gasteiger partial charge is 0.331 e. The van der Waals surface area contributed by atoms with Gasteiger partial charge in [0.2, 0.25) is 0 Å².